The highest BCUT2D eigenvalue weighted by Crippen LogP contribution is 2.30. The number of alkyl halides is 3. The van der Waals surface area contributed by atoms with E-state index >= 15 is 0 Å². The lowest BCUT2D eigenvalue weighted by Crippen LogP contribution is -2.56. The van der Waals surface area contributed by atoms with Gasteiger partial charge in [-0.3, -0.25) is 4.18 Å². The Hall–Kier alpha value is -1.81. The number of carbonyl (C=O) groups excluding carboxylic acids is 1. The van der Waals surface area contributed by atoms with Crippen LogP contribution in [0, 0.1) is 0 Å². The number of carbonyl (C=O) groups is 1. The molecule has 1 fully saturated rings. The van der Waals surface area contributed by atoms with Crippen LogP contribution in [0.15, 0.2) is 29.2 Å². The molecular weight excluding hydrogens is 363 g/mol. The number of halogens is 3. The Morgan fingerprint density at radius 1 is 1.12 bits per heavy atom. The zero-order valence-corrected chi connectivity index (χ0v) is 14.6. The number of amides is 1. The van der Waals surface area contributed by atoms with Crippen LogP contribution in [0.25, 0.3) is 0 Å². The SMILES string of the molecule is CC(C)(C)OC(=O)N1CC(OS(=O)(=O)c2ccc(C(F)(F)F)cc2)C1. The number of ether oxygens (including phenoxy) is 1. The average molecular weight is 381 g/mol. The van der Waals surface area contributed by atoms with Crippen molar-refractivity contribution in [1.82, 2.24) is 4.90 Å². The van der Waals surface area contributed by atoms with E-state index in [-0.39, 0.29) is 18.0 Å². The van der Waals surface area contributed by atoms with Crippen molar-refractivity contribution in [3.05, 3.63) is 29.8 Å². The second-order valence-electron chi connectivity index (χ2n) is 6.58. The summed E-state index contributed by atoms with van der Waals surface area (Å²) < 4.78 is 71.7. The molecule has 0 spiro atoms. The van der Waals surface area contributed by atoms with Crippen molar-refractivity contribution in [3.8, 4) is 0 Å². The first-order valence-electron chi connectivity index (χ1n) is 7.36. The molecule has 0 saturated carbocycles. The Balaban J connectivity index is 1.94. The summed E-state index contributed by atoms with van der Waals surface area (Å²) in [6.45, 7) is 5.15. The summed E-state index contributed by atoms with van der Waals surface area (Å²) in [6, 6.07) is 3.01. The van der Waals surface area contributed by atoms with Crippen molar-refractivity contribution in [3.63, 3.8) is 0 Å². The third-order valence-corrected chi connectivity index (χ3v) is 4.61. The Kier molecular flexibility index (Phi) is 5.06. The maximum Gasteiger partial charge on any atom is 0.416 e. The quantitative estimate of drug-likeness (QED) is 0.753. The van der Waals surface area contributed by atoms with Crippen molar-refractivity contribution < 1.29 is 35.3 Å². The van der Waals surface area contributed by atoms with Gasteiger partial charge in [-0.15, -0.1) is 0 Å². The van der Waals surface area contributed by atoms with Gasteiger partial charge in [0.05, 0.1) is 23.5 Å². The number of benzene rings is 1. The van der Waals surface area contributed by atoms with Crippen LogP contribution in [0.3, 0.4) is 0 Å². The molecule has 1 aromatic carbocycles. The first kappa shape index (κ1) is 19.5. The minimum absolute atomic E-state index is 0.0226. The predicted molar refractivity (Wildman–Crippen MR) is 81.3 cm³/mol. The van der Waals surface area contributed by atoms with Crippen molar-refractivity contribution in [2.75, 3.05) is 13.1 Å². The minimum atomic E-state index is -4.55. The smallest absolute Gasteiger partial charge is 0.416 e. The first-order valence-corrected chi connectivity index (χ1v) is 8.77. The van der Waals surface area contributed by atoms with Crippen molar-refractivity contribution in [1.29, 1.82) is 0 Å². The van der Waals surface area contributed by atoms with Crippen LogP contribution in [0.2, 0.25) is 0 Å². The molecule has 0 aromatic heterocycles. The third-order valence-electron chi connectivity index (χ3n) is 3.23. The Bertz CT molecular complexity index is 732. The molecule has 140 valence electrons. The van der Waals surface area contributed by atoms with Gasteiger partial charge in [0.1, 0.15) is 11.7 Å². The lowest BCUT2D eigenvalue weighted by atomic mass is 10.2. The molecule has 0 bridgehead atoms. The lowest BCUT2D eigenvalue weighted by Gasteiger charge is -2.38. The molecule has 0 atom stereocenters. The highest BCUT2D eigenvalue weighted by atomic mass is 32.2. The van der Waals surface area contributed by atoms with Gasteiger partial charge in [0, 0.05) is 0 Å². The second kappa shape index (κ2) is 6.49. The van der Waals surface area contributed by atoms with E-state index in [0.29, 0.717) is 12.1 Å². The number of hydrogen-bond donors (Lipinski definition) is 0. The average Bonchev–Trinajstić information content (AvgIpc) is 2.39. The summed E-state index contributed by atoms with van der Waals surface area (Å²) in [6.07, 6.45) is -5.90. The van der Waals surface area contributed by atoms with E-state index in [1.165, 1.54) is 4.90 Å². The summed E-state index contributed by atoms with van der Waals surface area (Å²) in [5.74, 6) is 0. The molecule has 2 rings (SSSR count). The molecule has 1 aromatic rings. The van der Waals surface area contributed by atoms with Gasteiger partial charge in [-0.2, -0.15) is 21.6 Å². The summed E-state index contributed by atoms with van der Waals surface area (Å²) in [7, 11) is -4.21. The Morgan fingerprint density at radius 3 is 2.08 bits per heavy atom. The molecule has 0 N–H and O–H groups in total. The van der Waals surface area contributed by atoms with Gasteiger partial charge >= 0.3 is 12.3 Å². The van der Waals surface area contributed by atoms with Gasteiger partial charge in [-0.25, -0.2) is 4.79 Å². The van der Waals surface area contributed by atoms with E-state index in [4.69, 9.17) is 8.92 Å². The topological polar surface area (TPSA) is 72.9 Å². The van der Waals surface area contributed by atoms with E-state index in [1.807, 2.05) is 0 Å². The maximum atomic E-state index is 12.5. The van der Waals surface area contributed by atoms with Gasteiger partial charge in [-0.05, 0) is 45.0 Å². The lowest BCUT2D eigenvalue weighted by molar-refractivity contribution is -0.137. The molecule has 0 radical (unpaired) electrons. The molecule has 1 aliphatic heterocycles. The summed E-state index contributed by atoms with van der Waals surface area (Å²) in [5, 5.41) is 0. The third kappa shape index (κ3) is 5.08. The molecule has 0 aliphatic carbocycles. The molecule has 6 nitrogen and oxygen atoms in total. The summed E-state index contributed by atoms with van der Waals surface area (Å²) in [5.41, 5.74) is -1.62. The Morgan fingerprint density at radius 2 is 1.64 bits per heavy atom. The van der Waals surface area contributed by atoms with Crippen LogP contribution in [0.1, 0.15) is 26.3 Å². The molecule has 1 heterocycles. The summed E-state index contributed by atoms with van der Waals surface area (Å²) in [4.78, 5) is 12.6. The van der Waals surface area contributed by atoms with Gasteiger partial charge in [0.25, 0.3) is 10.1 Å². The molecule has 0 unspecified atom stereocenters. The molecule has 1 saturated heterocycles. The largest absolute Gasteiger partial charge is 0.444 e. The normalized spacial score (nSPS) is 16.5. The fourth-order valence-corrected chi connectivity index (χ4v) is 3.08. The summed E-state index contributed by atoms with van der Waals surface area (Å²) >= 11 is 0. The zero-order chi connectivity index (χ0) is 19.0. The van der Waals surface area contributed by atoms with E-state index in [9.17, 15) is 26.4 Å². The fourth-order valence-electron chi connectivity index (χ4n) is 2.02. The first-order chi connectivity index (χ1) is 11.3. The molecular formula is C15H18F3NO5S. The van der Waals surface area contributed by atoms with Crippen molar-refractivity contribution in [2.45, 2.75) is 43.5 Å². The highest BCUT2D eigenvalue weighted by Gasteiger charge is 2.38. The van der Waals surface area contributed by atoms with Crippen LogP contribution in [0.4, 0.5) is 18.0 Å². The van der Waals surface area contributed by atoms with Crippen molar-refractivity contribution >= 4 is 16.2 Å². The van der Waals surface area contributed by atoms with Crippen molar-refractivity contribution in [2.24, 2.45) is 0 Å². The van der Waals surface area contributed by atoms with Crippen LogP contribution in [-0.2, 0) is 25.2 Å². The van der Waals surface area contributed by atoms with E-state index < -0.39 is 39.7 Å². The van der Waals surface area contributed by atoms with Gasteiger partial charge < -0.3 is 9.64 Å². The van der Waals surface area contributed by atoms with Crippen LogP contribution >= 0.6 is 0 Å². The number of rotatable bonds is 3. The standard InChI is InChI=1S/C15H18F3NO5S/c1-14(2,3)23-13(20)19-8-11(9-19)24-25(21,22)12-6-4-10(5-7-12)15(16,17)18/h4-7,11H,8-9H2,1-3H3. The maximum absolute atomic E-state index is 12.5. The number of nitrogens with zero attached hydrogens (tertiary/aromatic N) is 1. The molecule has 25 heavy (non-hydrogen) atoms. The molecule has 10 heteroatoms. The van der Waals surface area contributed by atoms with E-state index in [0.717, 1.165) is 12.1 Å². The number of hydrogen-bond acceptors (Lipinski definition) is 5. The fraction of sp³-hybridized carbons (Fsp3) is 0.533. The van der Waals surface area contributed by atoms with Crippen LogP contribution < -0.4 is 0 Å². The molecule has 1 amide bonds. The van der Waals surface area contributed by atoms with Crippen LogP contribution in [-0.4, -0.2) is 44.2 Å². The minimum Gasteiger partial charge on any atom is -0.444 e. The van der Waals surface area contributed by atoms with Gasteiger partial charge in [0.15, 0.2) is 0 Å². The van der Waals surface area contributed by atoms with E-state index in [1.54, 1.807) is 20.8 Å². The van der Waals surface area contributed by atoms with Crippen LogP contribution in [0.5, 0.6) is 0 Å². The van der Waals surface area contributed by atoms with Gasteiger partial charge in [-0.1, -0.05) is 0 Å². The zero-order valence-electron chi connectivity index (χ0n) is 13.8. The predicted octanol–water partition coefficient (Wildman–Crippen LogP) is 3.03. The van der Waals surface area contributed by atoms with Gasteiger partial charge in [0.2, 0.25) is 0 Å². The Labute approximate surface area is 143 Å². The highest BCUT2D eigenvalue weighted by molar-refractivity contribution is 7.86. The molecule has 1 aliphatic rings. The number of likely N-dealkylation sites (tertiary alicyclic amines) is 1. The van der Waals surface area contributed by atoms with E-state index in [2.05, 4.69) is 0 Å². The second-order valence-corrected chi connectivity index (χ2v) is 8.15. The monoisotopic (exact) mass is 381 g/mol.